The van der Waals surface area contributed by atoms with Crippen LogP contribution in [0.4, 0.5) is 0 Å². The molecule has 0 aliphatic carbocycles. The lowest BCUT2D eigenvalue weighted by Crippen LogP contribution is -2.30. The number of hydrogen-bond donors (Lipinski definition) is 1. The van der Waals surface area contributed by atoms with Crippen LogP contribution in [0.2, 0.25) is 0 Å². The molecule has 0 saturated carbocycles. The molecule has 5 heteroatoms. The van der Waals surface area contributed by atoms with Crippen molar-refractivity contribution in [2.45, 2.75) is 31.5 Å². The summed E-state index contributed by atoms with van der Waals surface area (Å²) in [5.41, 5.74) is 12.4. The monoisotopic (exact) mass is 435 g/mol. The molecule has 3 atom stereocenters. The number of fused-ring (bicyclic) bond motifs is 9. The Morgan fingerprint density at radius 1 is 1.15 bits per heavy atom. The van der Waals surface area contributed by atoms with Crippen molar-refractivity contribution in [2.75, 3.05) is 6.98 Å². The molecule has 6 rings (SSSR count). The van der Waals surface area contributed by atoms with Crippen molar-refractivity contribution < 1.29 is 8.91 Å². The van der Waals surface area contributed by atoms with E-state index in [1.807, 2.05) is 43.3 Å². The van der Waals surface area contributed by atoms with Crippen molar-refractivity contribution in [1.29, 1.82) is 0 Å². The van der Waals surface area contributed by atoms with Crippen LogP contribution < -0.4 is 5.73 Å². The van der Waals surface area contributed by atoms with E-state index in [2.05, 4.69) is 16.6 Å². The molecule has 1 amide bonds. The summed E-state index contributed by atoms with van der Waals surface area (Å²) in [4.78, 5) is 19.4. The molecule has 0 radical (unpaired) electrons. The zero-order chi connectivity index (χ0) is 25.4. The standard InChI is InChI=1S/C28H24N4O/c1-4-17-6-5-7-21-26(17)24-15-25(31(3)28(21)33)27-30-22-13-12-20(14-23(22)32(24)27)19-10-8-18(9-11-19)16(2)29/h1,5-14,16,24-25H,15,29H2,2-3H3/t16?,24-,25-/m1/s1/i3D3. The minimum atomic E-state index is -2.62. The number of benzene rings is 3. The number of carbonyl (C=O) groups excluding carboxylic acids is 1. The van der Waals surface area contributed by atoms with Gasteiger partial charge in [-0.05, 0) is 47.9 Å². The van der Waals surface area contributed by atoms with E-state index >= 15 is 0 Å². The molecule has 2 N–H and O–H groups in total. The maximum atomic E-state index is 13.5. The van der Waals surface area contributed by atoms with Crippen LogP contribution in [0.5, 0.6) is 0 Å². The summed E-state index contributed by atoms with van der Waals surface area (Å²) in [5.74, 6) is 2.74. The summed E-state index contributed by atoms with van der Waals surface area (Å²) < 4.78 is 26.6. The van der Waals surface area contributed by atoms with E-state index in [4.69, 9.17) is 21.3 Å². The predicted molar refractivity (Wildman–Crippen MR) is 130 cm³/mol. The summed E-state index contributed by atoms with van der Waals surface area (Å²) in [5, 5.41) is 0. The van der Waals surface area contributed by atoms with Gasteiger partial charge in [-0.3, -0.25) is 4.79 Å². The third kappa shape index (κ3) is 2.78. The Labute approximate surface area is 197 Å². The SMILES string of the molecule is [2H]C([2H])([2H])N1C(=O)c2cccc(C#C)c2[C@H]2C[C@@H]1c1nc3ccc(-c4ccc(C(C)N)cc4)cc3n12. The number of amides is 1. The van der Waals surface area contributed by atoms with Gasteiger partial charge in [-0.2, -0.15) is 0 Å². The van der Waals surface area contributed by atoms with Gasteiger partial charge in [0.05, 0.1) is 23.1 Å². The average molecular weight is 436 g/mol. The molecule has 162 valence electrons. The third-order valence-corrected chi connectivity index (χ3v) is 6.90. The predicted octanol–water partition coefficient (Wildman–Crippen LogP) is 4.82. The first-order chi connectivity index (χ1) is 17.2. The highest BCUT2D eigenvalue weighted by Gasteiger charge is 2.44. The Hall–Kier alpha value is -3.88. The molecule has 0 spiro atoms. The second-order valence-corrected chi connectivity index (χ2v) is 8.81. The van der Waals surface area contributed by atoms with Gasteiger partial charge in [0.25, 0.3) is 5.91 Å². The van der Waals surface area contributed by atoms with Crippen molar-refractivity contribution in [2.24, 2.45) is 5.73 Å². The molecule has 0 fully saturated rings. The number of nitrogens with two attached hydrogens (primary N) is 1. The van der Waals surface area contributed by atoms with Gasteiger partial charge in [0.2, 0.25) is 0 Å². The van der Waals surface area contributed by atoms with Gasteiger partial charge in [0.1, 0.15) is 5.82 Å². The first-order valence-electron chi connectivity index (χ1n) is 12.5. The van der Waals surface area contributed by atoms with E-state index in [-0.39, 0.29) is 12.1 Å². The lowest BCUT2D eigenvalue weighted by atomic mass is 9.93. The van der Waals surface area contributed by atoms with Crippen LogP contribution in [0, 0.1) is 12.3 Å². The first-order valence-corrected chi connectivity index (χ1v) is 11.0. The summed E-state index contributed by atoms with van der Waals surface area (Å²) in [6, 6.07) is 18.3. The van der Waals surface area contributed by atoms with Crippen LogP contribution in [0.1, 0.15) is 68.5 Å². The fraction of sp³-hybridized carbons (Fsp3) is 0.214. The van der Waals surface area contributed by atoms with Crippen LogP contribution in [0.25, 0.3) is 22.2 Å². The van der Waals surface area contributed by atoms with Gasteiger partial charge in [-0.15, -0.1) is 6.42 Å². The molecular formula is C28H24N4O. The summed E-state index contributed by atoms with van der Waals surface area (Å²) in [6.07, 6.45) is 6.25. The quantitative estimate of drug-likeness (QED) is 0.459. The molecule has 3 aromatic carbocycles. The number of hydrogen-bond acceptors (Lipinski definition) is 3. The van der Waals surface area contributed by atoms with Crippen molar-refractivity contribution in [3.63, 3.8) is 0 Å². The van der Waals surface area contributed by atoms with Gasteiger partial charge in [-0.1, -0.05) is 42.3 Å². The molecule has 2 aliphatic heterocycles. The Morgan fingerprint density at radius 3 is 2.67 bits per heavy atom. The lowest BCUT2D eigenvalue weighted by molar-refractivity contribution is 0.0734. The fourth-order valence-electron chi connectivity index (χ4n) is 5.23. The Morgan fingerprint density at radius 2 is 1.94 bits per heavy atom. The summed E-state index contributed by atoms with van der Waals surface area (Å²) >= 11 is 0. The Balaban J connectivity index is 1.59. The lowest BCUT2D eigenvalue weighted by Gasteiger charge is -2.24. The van der Waals surface area contributed by atoms with E-state index in [1.54, 1.807) is 18.2 Å². The van der Waals surface area contributed by atoms with Crippen LogP contribution in [-0.2, 0) is 0 Å². The first kappa shape index (κ1) is 16.7. The molecule has 4 aromatic rings. The Bertz CT molecular complexity index is 1580. The van der Waals surface area contributed by atoms with Crippen LogP contribution >= 0.6 is 0 Å². The topological polar surface area (TPSA) is 64.2 Å². The molecule has 2 aliphatic rings. The fourth-order valence-corrected chi connectivity index (χ4v) is 5.23. The number of rotatable bonds is 2. The number of carbonyl (C=O) groups is 1. The second kappa shape index (κ2) is 7.06. The maximum absolute atomic E-state index is 13.5. The molecular weight excluding hydrogens is 408 g/mol. The van der Waals surface area contributed by atoms with E-state index in [0.717, 1.165) is 32.6 Å². The molecule has 2 bridgehead atoms. The van der Waals surface area contributed by atoms with Crippen LogP contribution in [-0.4, -0.2) is 27.3 Å². The largest absolute Gasteiger partial charge is 0.331 e. The summed E-state index contributed by atoms with van der Waals surface area (Å²) in [6.45, 7) is -0.673. The van der Waals surface area contributed by atoms with Crippen LogP contribution in [0.15, 0.2) is 60.7 Å². The number of nitrogens with zero attached hydrogens (tertiary/aromatic N) is 3. The average Bonchev–Trinajstić information content (AvgIpc) is 3.35. The smallest absolute Gasteiger partial charge is 0.254 e. The molecule has 3 heterocycles. The van der Waals surface area contributed by atoms with Gasteiger partial charge < -0.3 is 15.2 Å². The minimum Gasteiger partial charge on any atom is -0.331 e. The van der Waals surface area contributed by atoms with E-state index in [1.165, 1.54) is 0 Å². The van der Waals surface area contributed by atoms with Gasteiger partial charge in [0, 0.05) is 40.2 Å². The highest BCUT2D eigenvalue weighted by Crippen LogP contribution is 2.48. The molecule has 5 nitrogen and oxygen atoms in total. The number of imidazole rings is 1. The van der Waals surface area contributed by atoms with Crippen molar-refractivity contribution in [3.8, 4) is 23.5 Å². The van der Waals surface area contributed by atoms with E-state index < -0.39 is 18.9 Å². The van der Waals surface area contributed by atoms with E-state index in [0.29, 0.717) is 28.9 Å². The third-order valence-electron chi connectivity index (χ3n) is 6.90. The normalized spacial score (nSPS) is 21.4. The van der Waals surface area contributed by atoms with Crippen molar-refractivity contribution >= 4 is 16.9 Å². The number of terminal acetylenes is 1. The van der Waals surface area contributed by atoms with Crippen molar-refractivity contribution in [1.82, 2.24) is 14.5 Å². The van der Waals surface area contributed by atoms with Crippen molar-refractivity contribution in [3.05, 3.63) is 88.7 Å². The van der Waals surface area contributed by atoms with Gasteiger partial charge in [-0.25, -0.2) is 4.98 Å². The van der Waals surface area contributed by atoms with E-state index in [9.17, 15) is 4.79 Å². The Kier molecular flexibility index (Phi) is 3.58. The van der Waals surface area contributed by atoms with Gasteiger partial charge in [0.15, 0.2) is 0 Å². The zero-order valence-electron chi connectivity index (χ0n) is 21.1. The molecule has 0 saturated heterocycles. The highest BCUT2D eigenvalue weighted by atomic mass is 16.2. The zero-order valence-corrected chi connectivity index (χ0v) is 18.1. The molecule has 1 unspecified atom stereocenters. The van der Waals surface area contributed by atoms with Gasteiger partial charge >= 0.3 is 0 Å². The second-order valence-electron chi connectivity index (χ2n) is 8.81. The molecule has 1 aromatic heterocycles. The summed E-state index contributed by atoms with van der Waals surface area (Å²) in [7, 11) is 0. The highest BCUT2D eigenvalue weighted by molar-refractivity contribution is 5.98. The number of aromatic nitrogens is 2. The molecule has 33 heavy (non-hydrogen) atoms. The minimum absolute atomic E-state index is 0.0443. The van der Waals surface area contributed by atoms with Crippen LogP contribution in [0.3, 0.4) is 0 Å². The maximum Gasteiger partial charge on any atom is 0.254 e.